The lowest BCUT2D eigenvalue weighted by molar-refractivity contribution is 0.530. The van der Waals surface area contributed by atoms with Gasteiger partial charge in [0.1, 0.15) is 0 Å². The van der Waals surface area contributed by atoms with E-state index in [9.17, 15) is 0 Å². The van der Waals surface area contributed by atoms with Crippen LogP contribution in [-0.4, -0.2) is 29.9 Å². The summed E-state index contributed by atoms with van der Waals surface area (Å²) in [4.78, 5) is 0. The summed E-state index contributed by atoms with van der Waals surface area (Å²) in [5.74, 6) is 0. The molecule has 1 rings (SSSR count). The third kappa shape index (κ3) is 5.39. The zero-order chi connectivity index (χ0) is 14.3. The molecule has 0 unspecified atom stereocenters. The van der Waals surface area contributed by atoms with E-state index in [1.807, 2.05) is 13.3 Å². The first-order valence-electron chi connectivity index (χ1n) is 6.67. The van der Waals surface area contributed by atoms with E-state index in [0.717, 1.165) is 24.9 Å². The van der Waals surface area contributed by atoms with Crippen LogP contribution in [0.5, 0.6) is 0 Å². The highest BCUT2D eigenvalue weighted by Crippen LogP contribution is 2.08. The normalized spacial score (nSPS) is 10.7. The first kappa shape index (κ1) is 15.6. The maximum absolute atomic E-state index is 5.26. The lowest BCUT2D eigenvalue weighted by Gasteiger charge is -2.15. The summed E-state index contributed by atoms with van der Waals surface area (Å²) in [7, 11) is 1.86. The van der Waals surface area contributed by atoms with Gasteiger partial charge in [0.2, 0.25) is 0 Å². The molecule has 0 radical (unpaired) electrons. The highest BCUT2D eigenvalue weighted by atomic mass is 32.1. The Labute approximate surface area is 121 Å². The van der Waals surface area contributed by atoms with Gasteiger partial charge in [-0.15, -0.1) is 0 Å². The summed E-state index contributed by atoms with van der Waals surface area (Å²) in [6, 6.07) is 6.32. The zero-order valence-electron chi connectivity index (χ0n) is 12.2. The van der Waals surface area contributed by atoms with Gasteiger partial charge in [-0.25, -0.2) is 5.01 Å². The molecular formula is C15H23N3S. The molecule has 0 atom stereocenters. The van der Waals surface area contributed by atoms with Crippen LogP contribution in [0.3, 0.4) is 0 Å². The SMILES string of the molecule is CCCCNC(=S)N(C)/N=C/c1ccc(C)cc1C. The van der Waals surface area contributed by atoms with Gasteiger partial charge in [-0.3, -0.25) is 0 Å². The number of aryl methyl sites for hydroxylation is 2. The Morgan fingerprint density at radius 1 is 1.42 bits per heavy atom. The molecule has 0 saturated heterocycles. The highest BCUT2D eigenvalue weighted by molar-refractivity contribution is 7.80. The molecule has 0 saturated carbocycles. The number of nitrogens with one attached hydrogen (secondary N) is 1. The van der Waals surface area contributed by atoms with Gasteiger partial charge in [0.25, 0.3) is 0 Å². The average molecular weight is 277 g/mol. The van der Waals surface area contributed by atoms with Gasteiger partial charge in [0.15, 0.2) is 5.11 Å². The van der Waals surface area contributed by atoms with Gasteiger partial charge < -0.3 is 5.32 Å². The Bertz CT molecular complexity index is 455. The monoisotopic (exact) mass is 277 g/mol. The van der Waals surface area contributed by atoms with E-state index in [2.05, 4.69) is 49.4 Å². The van der Waals surface area contributed by atoms with Crippen molar-refractivity contribution in [2.75, 3.05) is 13.6 Å². The first-order valence-corrected chi connectivity index (χ1v) is 7.08. The maximum Gasteiger partial charge on any atom is 0.189 e. The second kappa shape index (κ2) is 7.89. The van der Waals surface area contributed by atoms with E-state index in [1.54, 1.807) is 5.01 Å². The predicted octanol–water partition coefficient (Wildman–Crippen LogP) is 3.24. The van der Waals surface area contributed by atoms with E-state index in [1.165, 1.54) is 11.1 Å². The Morgan fingerprint density at radius 3 is 2.79 bits per heavy atom. The zero-order valence-corrected chi connectivity index (χ0v) is 13.0. The lowest BCUT2D eigenvalue weighted by atomic mass is 10.1. The Morgan fingerprint density at radius 2 is 2.16 bits per heavy atom. The summed E-state index contributed by atoms with van der Waals surface area (Å²) >= 11 is 5.26. The molecular weight excluding hydrogens is 254 g/mol. The van der Waals surface area contributed by atoms with Gasteiger partial charge >= 0.3 is 0 Å². The number of nitrogens with zero attached hydrogens (tertiary/aromatic N) is 2. The molecule has 0 bridgehead atoms. The van der Waals surface area contributed by atoms with E-state index in [0.29, 0.717) is 5.11 Å². The van der Waals surface area contributed by atoms with E-state index in [4.69, 9.17) is 12.2 Å². The van der Waals surface area contributed by atoms with Crippen molar-refractivity contribution in [1.82, 2.24) is 10.3 Å². The summed E-state index contributed by atoms with van der Waals surface area (Å²) < 4.78 is 0. The maximum atomic E-state index is 5.26. The third-order valence-corrected chi connectivity index (χ3v) is 3.30. The first-order chi connectivity index (χ1) is 9.04. The van der Waals surface area contributed by atoms with Crippen LogP contribution in [0.15, 0.2) is 23.3 Å². The van der Waals surface area contributed by atoms with Crippen molar-refractivity contribution in [1.29, 1.82) is 0 Å². The molecule has 4 heteroatoms. The van der Waals surface area contributed by atoms with Crippen molar-refractivity contribution in [2.45, 2.75) is 33.6 Å². The molecule has 3 nitrogen and oxygen atoms in total. The van der Waals surface area contributed by atoms with E-state index < -0.39 is 0 Å². The second-order valence-corrected chi connectivity index (χ2v) is 5.10. The van der Waals surface area contributed by atoms with Gasteiger partial charge in [0, 0.05) is 13.6 Å². The van der Waals surface area contributed by atoms with Crippen molar-refractivity contribution in [3.05, 3.63) is 34.9 Å². The van der Waals surface area contributed by atoms with Crippen molar-refractivity contribution in [3.63, 3.8) is 0 Å². The molecule has 0 aliphatic carbocycles. The minimum absolute atomic E-state index is 0.662. The van der Waals surface area contributed by atoms with Crippen LogP contribution in [-0.2, 0) is 0 Å². The molecule has 0 fully saturated rings. The number of hydrogen-bond donors (Lipinski definition) is 1. The number of unbranched alkanes of at least 4 members (excludes halogenated alkanes) is 1. The van der Waals surface area contributed by atoms with Gasteiger partial charge in [-0.1, -0.05) is 37.1 Å². The number of thiocarbonyl (C=S) groups is 1. The van der Waals surface area contributed by atoms with Gasteiger partial charge in [-0.05, 0) is 43.6 Å². The Balaban J connectivity index is 2.57. The van der Waals surface area contributed by atoms with Crippen LogP contribution >= 0.6 is 12.2 Å². The van der Waals surface area contributed by atoms with Crippen molar-refractivity contribution in [3.8, 4) is 0 Å². The van der Waals surface area contributed by atoms with Gasteiger partial charge in [0.05, 0.1) is 6.21 Å². The van der Waals surface area contributed by atoms with Crippen LogP contribution in [0.4, 0.5) is 0 Å². The third-order valence-electron chi connectivity index (χ3n) is 2.90. The quantitative estimate of drug-likeness (QED) is 0.387. The molecule has 0 aliphatic rings. The fourth-order valence-corrected chi connectivity index (χ4v) is 1.81. The minimum atomic E-state index is 0.662. The molecule has 0 aliphatic heterocycles. The van der Waals surface area contributed by atoms with Crippen molar-refractivity contribution in [2.24, 2.45) is 5.10 Å². The van der Waals surface area contributed by atoms with Crippen LogP contribution in [0.1, 0.15) is 36.5 Å². The summed E-state index contributed by atoms with van der Waals surface area (Å²) in [5, 5.41) is 9.92. The van der Waals surface area contributed by atoms with E-state index >= 15 is 0 Å². The number of rotatable bonds is 5. The number of hydrazone groups is 1. The summed E-state index contributed by atoms with van der Waals surface area (Å²) in [6.07, 6.45) is 4.13. The van der Waals surface area contributed by atoms with E-state index in [-0.39, 0.29) is 0 Å². The molecule has 19 heavy (non-hydrogen) atoms. The summed E-state index contributed by atoms with van der Waals surface area (Å²) in [6.45, 7) is 7.24. The molecule has 0 amide bonds. The van der Waals surface area contributed by atoms with Crippen molar-refractivity contribution < 1.29 is 0 Å². The fourth-order valence-electron chi connectivity index (χ4n) is 1.66. The largest absolute Gasteiger partial charge is 0.361 e. The fraction of sp³-hybridized carbons (Fsp3) is 0.467. The van der Waals surface area contributed by atoms with Crippen LogP contribution in [0, 0.1) is 13.8 Å². The topological polar surface area (TPSA) is 27.6 Å². The average Bonchev–Trinajstić information content (AvgIpc) is 2.37. The second-order valence-electron chi connectivity index (χ2n) is 4.71. The van der Waals surface area contributed by atoms with Crippen LogP contribution in [0.2, 0.25) is 0 Å². The Kier molecular flexibility index (Phi) is 6.50. The Hall–Kier alpha value is -1.42. The number of hydrogen-bond acceptors (Lipinski definition) is 2. The molecule has 0 spiro atoms. The standard InChI is InChI=1S/C15H23N3S/c1-5-6-9-16-15(19)18(4)17-11-14-8-7-12(2)10-13(14)3/h7-8,10-11H,5-6,9H2,1-4H3,(H,16,19)/b17-11+. The smallest absolute Gasteiger partial charge is 0.189 e. The predicted molar refractivity (Wildman–Crippen MR) is 86.8 cm³/mol. The number of benzene rings is 1. The van der Waals surface area contributed by atoms with Crippen LogP contribution in [0.25, 0.3) is 0 Å². The lowest BCUT2D eigenvalue weighted by Crippen LogP contribution is -2.34. The highest BCUT2D eigenvalue weighted by Gasteiger charge is 2.01. The molecule has 1 aromatic rings. The molecule has 1 N–H and O–H groups in total. The van der Waals surface area contributed by atoms with Crippen LogP contribution < -0.4 is 5.32 Å². The molecule has 0 heterocycles. The molecule has 1 aromatic carbocycles. The summed E-state index contributed by atoms with van der Waals surface area (Å²) in [5.41, 5.74) is 3.61. The molecule has 0 aromatic heterocycles. The van der Waals surface area contributed by atoms with Gasteiger partial charge in [-0.2, -0.15) is 5.10 Å². The minimum Gasteiger partial charge on any atom is -0.361 e. The van der Waals surface area contributed by atoms with Crippen molar-refractivity contribution >= 4 is 23.5 Å². The molecule has 104 valence electrons.